The number of rotatable bonds is 1. The maximum Gasteiger partial charge on any atom is 0.148 e. The quantitative estimate of drug-likeness (QED) is 0.789. The number of aromatic nitrogens is 2. The van der Waals surface area contributed by atoms with Crippen molar-refractivity contribution in [3.05, 3.63) is 41.3 Å². The third kappa shape index (κ3) is 1.41. The summed E-state index contributed by atoms with van der Waals surface area (Å²) in [7, 11) is 0. The molecule has 80 valence electrons. The minimum atomic E-state index is -0.429. The molecule has 1 aromatic carbocycles. The number of hydrogen-bond acceptors (Lipinski definition) is 3. The minimum Gasteiger partial charge on any atom is -0.382 e. The summed E-state index contributed by atoms with van der Waals surface area (Å²) < 4.78 is 14.7. The molecule has 16 heavy (non-hydrogen) atoms. The second-order valence-corrected chi connectivity index (χ2v) is 3.32. The Morgan fingerprint density at radius 3 is 2.69 bits per heavy atom. The molecule has 0 aliphatic rings. The van der Waals surface area contributed by atoms with Gasteiger partial charge in [0, 0.05) is 0 Å². The first kappa shape index (κ1) is 10.2. The maximum absolute atomic E-state index is 13.5. The number of nitriles is 1. The van der Waals surface area contributed by atoms with E-state index in [-0.39, 0.29) is 17.1 Å². The molecule has 2 N–H and O–H groups in total. The monoisotopic (exact) mass is 216 g/mol. The van der Waals surface area contributed by atoms with Crippen molar-refractivity contribution >= 4 is 5.82 Å². The van der Waals surface area contributed by atoms with Crippen molar-refractivity contribution in [3.63, 3.8) is 0 Å². The normalized spacial score (nSPS) is 10.1. The van der Waals surface area contributed by atoms with Crippen LogP contribution in [0.4, 0.5) is 10.2 Å². The van der Waals surface area contributed by atoms with E-state index in [4.69, 9.17) is 11.0 Å². The van der Waals surface area contributed by atoms with E-state index < -0.39 is 5.82 Å². The molecule has 2 aromatic rings. The van der Waals surface area contributed by atoms with Crippen molar-refractivity contribution in [2.75, 3.05) is 5.73 Å². The van der Waals surface area contributed by atoms with E-state index in [1.807, 2.05) is 6.07 Å². The molecular weight excluding hydrogens is 207 g/mol. The fourth-order valence-electron chi connectivity index (χ4n) is 1.49. The Labute approximate surface area is 91.7 Å². The summed E-state index contributed by atoms with van der Waals surface area (Å²) in [4.78, 5) is 0. The van der Waals surface area contributed by atoms with Crippen LogP contribution in [0.1, 0.15) is 11.3 Å². The van der Waals surface area contributed by atoms with Gasteiger partial charge in [0.25, 0.3) is 0 Å². The number of benzene rings is 1. The van der Waals surface area contributed by atoms with Crippen LogP contribution in [0, 0.1) is 24.1 Å². The summed E-state index contributed by atoms with van der Waals surface area (Å²) in [6, 6.07) is 8.08. The van der Waals surface area contributed by atoms with Crippen molar-refractivity contribution < 1.29 is 4.39 Å². The third-order valence-corrected chi connectivity index (χ3v) is 2.29. The SMILES string of the molecule is Cc1nn(-c2ccccc2F)c(N)c1C#N. The molecule has 0 amide bonds. The molecule has 2 rings (SSSR count). The molecule has 0 saturated carbocycles. The number of nitrogens with zero attached hydrogens (tertiary/aromatic N) is 3. The highest BCUT2D eigenvalue weighted by Gasteiger charge is 2.15. The fraction of sp³-hybridized carbons (Fsp3) is 0.0909. The summed E-state index contributed by atoms with van der Waals surface area (Å²) in [5.41, 5.74) is 6.74. The van der Waals surface area contributed by atoms with Gasteiger partial charge in [0.1, 0.15) is 29.0 Å². The number of aryl methyl sites for hydroxylation is 1. The summed E-state index contributed by atoms with van der Waals surface area (Å²) in [5.74, 6) is -0.272. The van der Waals surface area contributed by atoms with Gasteiger partial charge in [-0.25, -0.2) is 9.07 Å². The van der Waals surface area contributed by atoms with Crippen LogP contribution in [-0.4, -0.2) is 9.78 Å². The first-order valence-electron chi connectivity index (χ1n) is 4.65. The van der Waals surface area contributed by atoms with E-state index in [9.17, 15) is 4.39 Å². The Balaban J connectivity index is 2.68. The molecule has 0 radical (unpaired) electrons. The van der Waals surface area contributed by atoms with Crippen molar-refractivity contribution in [1.82, 2.24) is 9.78 Å². The predicted octanol–water partition coefficient (Wildman–Crippen LogP) is 1.77. The predicted molar refractivity (Wildman–Crippen MR) is 57.4 cm³/mol. The Morgan fingerprint density at radius 2 is 2.12 bits per heavy atom. The topological polar surface area (TPSA) is 67.6 Å². The summed E-state index contributed by atoms with van der Waals surface area (Å²) in [5, 5.41) is 12.9. The molecule has 0 aliphatic carbocycles. The minimum absolute atomic E-state index is 0.158. The smallest absolute Gasteiger partial charge is 0.148 e. The van der Waals surface area contributed by atoms with E-state index in [0.29, 0.717) is 5.69 Å². The highest BCUT2D eigenvalue weighted by atomic mass is 19.1. The standard InChI is InChI=1S/C11H9FN4/c1-7-8(6-13)11(14)16(15-7)10-5-3-2-4-9(10)12/h2-5H,14H2,1H3. The molecule has 1 heterocycles. The van der Waals surface area contributed by atoms with Crippen molar-refractivity contribution in [3.8, 4) is 11.8 Å². The zero-order valence-electron chi connectivity index (χ0n) is 8.61. The van der Waals surface area contributed by atoms with Crippen LogP contribution in [0.15, 0.2) is 24.3 Å². The average molecular weight is 216 g/mol. The molecule has 0 bridgehead atoms. The van der Waals surface area contributed by atoms with Crippen LogP contribution in [-0.2, 0) is 0 Å². The van der Waals surface area contributed by atoms with Crippen molar-refractivity contribution in [1.29, 1.82) is 5.26 Å². The van der Waals surface area contributed by atoms with Gasteiger partial charge in [-0.1, -0.05) is 12.1 Å². The third-order valence-electron chi connectivity index (χ3n) is 2.29. The van der Waals surface area contributed by atoms with E-state index in [1.54, 1.807) is 25.1 Å². The Bertz CT molecular complexity index is 580. The van der Waals surface area contributed by atoms with Gasteiger partial charge in [0.2, 0.25) is 0 Å². The average Bonchev–Trinajstić information content (AvgIpc) is 2.55. The number of nitrogens with two attached hydrogens (primary N) is 1. The van der Waals surface area contributed by atoms with Crippen LogP contribution in [0.5, 0.6) is 0 Å². The summed E-state index contributed by atoms with van der Waals surface area (Å²) >= 11 is 0. The first-order chi connectivity index (χ1) is 7.65. The molecule has 5 heteroatoms. The lowest BCUT2D eigenvalue weighted by molar-refractivity contribution is 0.611. The first-order valence-corrected chi connectivity index (χ1v) is 4.65. The van der Waals surface area contributed by atoms with Crippen molar-refractivity contribution in [2.24, 2.45) is 0 Å². The van der Waals surface area contributed by atoms with Gasteiger partial charge >= 0.3 is 0 Å². The summed E-state index contributed by atoms with van der Waals surface area (Å²) in [6.07, 6.45) is 0. The molecular formula is C11H9FN4. The molecule has 1 aromatic heterocycles. The second-order valence-electron chi connectivity index (χ2n) is 3.32. The molecule has 0 unspecified atom stereocenters. The molecule has 0 fully saturated rings. The van der Waals surface area contributed by atoms with Crippen LogP contribution in [0.3, 0.4) is 0 Å². The van der Waals surface area contributed by atoms with Gasteiger partial charge < -0.3 is 5.73 Å². The van der Waals surface area contributed by atoms with E-state index in [2.05, 4.69) is 5.10 Å². The molecule has 0 aliphatic heterocycles. The molecule has 0 atom stereocenters. The van der Waals surface area contributed by atoms with Gasteiger partial charge in [-0.2, -0.15) is 10.4 Å². The molecule has 4 nitrogen and oxygen atoms in total. The zero-order chi connectivity index (χ0) is 11.7. The maximum atomic E-state index is 13.5. The molecule has 0 saturated heterocycles. The number of anilines is 1. The van der Waals surface area contributed by atoms with Gasteiger partial charge in [-0.05, 0) is 19.1 Å². The lowest BCUT2D eigenvalue weighted by Crippen LogP contribution is -2.04. The number of para-hydroxylation sites is 1. The second kappa shape index (κ2) is 3.66. The van der Waals surface area contributed by atoms with Gasteiger partial charge in [-0.3, -0.25) is 0 Å². The van der Waals surface area contributed by atoms with Crippen molar-refractivity contribution in [2.45, 2.75) is 6.92 Å². The Hall–Kier alpha value is -2.35. The zero-order valence-corrected chi connectivity index (χ0v) is 8.61. The number of halogens is 1. The summed E-state index contributed by atoms with van der Waals surface area (Å²) in [6.45, 7) is 1.66. The van der Waals surface area contributed by atoms with E-state index >= 15 is 0 Å². The lowest BCUT2D eigenvalue weighted by Gasteiger charge is -2.04. The van der Waals surface area contributed by atoms with Crippen LogP contribution in [0.25, 0.3) is 5.69 Å². The number of hydrogen-bond donors (Lipinski definition) is 1. The van der Waals surface area contributed by atoms with E-state index in [1.165, 1.54) is 10.7 Å². The number of nitrogen functional groups attached to an aromatic ring is 1. The highest BCUT2D eigenvalue weighted by Crippen LogP contribution is 2.21. The lowest BCUT2D eigenvalue weighted by atomic mass is 10.2. The largest absolute Gasteiger partial charge is 0.382 e. The van der Waals surface area contributed by atoms with Gasteiger partial charge in [0.05, 0.1) is 5.69 Å². The molecule has 0 spiro atoms. The van der Waals surface area contributed by atoms with E-state index in [0.717, 1.165) is 0 Å². The Kier molecular flexibility index (Phi) is 2.33. The van der Waals surface area contributed by atoms with Gasteiger partial charge in [-0.15, -0.1) is 0 Å². The Morgan fingerprint density at radius 1 is 1.44 bits per heavy atom. The highest BCUT2D eigenvalue weighted by molar-refractivity contribution is 5.56. The van der Waals surface area contributed by atoms with Gasteiger partial charge in [0.15, 0.2) is 0 Å². The fourth-order valence-corrected chi connectivity index (χ4v) is 1.49. The van der Waals surface area contributed by atoms with Crippen LogP contribution < -0.4 is 5.73 Å². The van der Waals surface area contributed by atoms with Crippen LogP contribution >= 0.6 is 0 Å². The van der Waals surface area contributed by atoms with Crippen LogP contribution in [0.2, 0.25) is 0 Å².